The van der Waals surface area contributed by atoms with E-state index in [1.54, 1.807) is 25.1 Å². The summed E-state index contributed by atoms with van der Waals surface area (Å²) in [6, 6.07) is 20.1. The summed E-state index contributed by atoms with van der Waals surface area (Å²) < 4.78 is 29.1. The average molecular weight is 596 g/mol. The Labute approximate surface area is 248 Å². The number of para-hydroxylation sites is 1. The van der Waals surface area contributed by atoms with Gasteiger partial charge in [0.25, 0.3) is 10.0 Å². The van der Waals surface area contributed by atoms with Crippen molar-refractivity contribution >= 4 is 39.1 Å². The molecular weight excluding hydrogens is 558 g/mol. The molecule has 1 aliphatic rings. The maximum Gasteiger partial charge on any atom is 0.264 e. The maximum atomic E-state index is 14.2. The number of rotatable bonds is 11. The molecule has 1 atom stereocenters. The van der Waals surface area contributed by atoms with Crippen molar-refractivity contribution in [1.82, 2.24) is 10.2 Å². The third-order valence-corrected chi connectivity index (χ3v) is 9.65. The number of sulfonamides is 1. The number of aryl methyl sites for hydroxylation is 2. The number of hydrogen-bond acceptors (Lipinski definition) is 4. The van der Waals surface area contributed by atoms with Crippen molar-refractivity contribution in [2.24, 2.45) is 0 Å². The van der Waals surface area contributed by atoms with Crippen molar-refractivity contribution < 1.29 is 18.0 Å². The van der Waals surface area contributed by atoms with E-state index >= 15 is 0 Å². The molecule has 1 saturated carbocycles. The molecule has 3 aromatic rings. The van der Waals surface area contributed by atoms with Gasteiger partial charge in [0.2, 0.25) is 11.8 Å². The number of carbonyl (C=O) groups excluding carboxylic acids is 2. The zero-order valence-corrected chi connectivity index (χ0v) is 25.4. The van der Waals surface area contributed by atoms with Gasteiger partial charge in [-0.15, -0.1) is 0 Å². The van der Waals surface area contributed by atoms with Gasteiger partial charge in [-0.2, -0.15) is 0 Å². The Morgan fingerprint density at radius 2 is 1.59 bits per heavy atom. The van der Waals surface area contributed by atoms with Gasteiger partial charge in [0.05, 0.1) is 10.6 Å². The number of halogens is 1. The van der Waals surface area contributed by atoms with Crippen LogP contribution in [0, 0.1) is 13.8 Å². The molecular formula is C32H38ClN3O4S. The van der Waals surface area contributed by atoms with E-state index in [0.717, 1.165) is 41.1 Å². The average Bonchev–Trinajstić information content (AvgIpc) is 3.46. The molecule has 0 aromatic heterocycles. The van der Waals surface area contributed by atoms with Crippen molar-refractivity contribution in [1.29, 1.82) is 0 Å². The lowest BCUT2D eigenvalue weighted by molar-refractivity contribution is -0.140. The van der Waals surface area contributed by atoms with Gasteiger partial charge in [-0.3, -0.25) is 13.9 Å². The van der Waals surface area contributed by atoms with Crippen LogP contribution in [0.1, 0.15) is 55.7 Å². The van der Waals surface area contributed by atoms with E-state index in [4.69, 9.17) is 11.6 Å². The number of anilines is 1. The smallest absolute Gasteiger partial charge is 0.264 e. The molecule has 0 saturated heterocycles. The summed E-state index contributed by atoms with van der Waals surface area (Å²) in [4.78, 5) is 29.3. The van der Waals surface area contributed by atoms with Gasteiger partial charge >= 0.3 is 0 Å². The number of carbonyl (C=O) groups is 2. The van der Waals surface area contributed by atoms with Crippen molar-refractivity contribution in [3.8, 4) is 0 Å². The molecule has 9 heteroatoms. The van der Waals surface area contributed by atoms with Gasteiger partial charge in [-0.05, 0) is 74.6 Å². The summed E-state index contributed by atoms with van der Waals surface area (Å²) in [7, 11) is -4.15. The minimum absolute atomic E-state index is 0.0223. The summed E-state index contributed by atoms with van der Waals surface area (Å²) in [6.45, 7) is 5.38. The fraction of sp³-hybridized carbons (Fsp3) is 0.375. The normalized spacial score (nSPS) is 14.4. The molecule has 1 fully saturated rings. The monoisotopic (exact) mass is 595 g/mol. The Morgan fingerprint density at radius 3 is 2.20 bits per heavy atom. The van der Waals surface area contributed by atoms with Crippen molar-refractivity contribution in [2.75, 3.05) is 10.8 Å². The molecule has 7 nitrogen and oxygen atoms in total. The molecule has 41 heavy (non-hydrogen) atoms. The van der Waals surface area contributed by atoms with Gasteiger partial charge in [0.1, 0.15) is 12.6 Å². The minimum Gasteiger partial charge on any atom is -0.352 e. The van der Waals surface area contributed by atoms with Crippen LogP contribution in [0.3, 0.4) is 0 Å². The molecule has 1 aliphatic carbocycles. The fourth-order valence-corrected chi connectivity index (χ4v) is 6.87. The van der Waals surface area contributed by atoms with Crippen LogP contribution in [-0.4, -0.2) is 43.8 Å². The molecule has 1 N–H and O–H groups in total. The molecule has 0 aliphatic heterocycles. The Bertz CT molecular complexity index is 1450. The lowest BCUT2D eigenvalue weighted by Gasteiger charge is -2.34. The fourth-order valence-electron chi connectivity index (χ4n) is 5.27. The highest BCUT2D eigenvalue weighted by Crippen LogP contribution is 2.28. The third-order valence-electron chi connectivity index (χ3n) is 7.63. The van der Waals surface area contributed by atoms with E-state index in [9.17, 15) is 18.0 Å². The van der Waals surface area contributed by atoms with Crippen molar-refractivity contribution in [3.05, 3.63) is 94.5 Å². The Hall–Kier alpha value is -3.36. The zero-order chi connectivity index (χ0) is 29.6. The minimum atomic E-state index is -4.15. The lowest BCUT2D eigenvalue weighted by atomic mass is 10.1. The molecule has 4 rings (SSSR count). The van der Waals surface area contributed by atoms with E-state index in [1.807, 2.05) is 44.2 Å². The van der Waals surface area contributed by atoms with E-state index in [-0.39, 0.29) is 23.4 Å². The van der Waals surface area contributed by atoms with Crippen LogP contribution in [0.25, 0.3) is 0 Å². The van der Waals surface area contributed by atoms with Crippen LogP contribution in [-0.2, 0) is 26.2 Å². The summed E-state index contributed by atoms with van der Waals surface area (Å²) >= 11 is 6.03. The van der Waals surface area contributed by atoms with Crippen LogP contribution in [0.2, 0.25) is 5.02 Å². The van der Waals surface area contributed by atoms with Gasteiger partial charge in [0, 0.05) is 17.6 Å². The molecule has 2 amide bonds. The maximum absolute atomic E-state index is 14.2. The van der Waals surface area contributed by atoms with Gasteiger partial charge in [0.15, 0.2) is 0 Å². The van der Waals surface area contributed by atoms with Gasteiger partial charge in [-0.25, -0.2) is 8.42 Å². The number of amides is 2. The predicted octanol–water partition coefficient (Wildman–Crippen LogP) is 6.02. The van der Waals surface area contributed by atoms with E-state index in [0.29, 0.717) is 22.7 Å². The molecule has 0 heterocycles. The first-order chi connectivity index (χ1) is 19.6. The topological polar surface area (TPSA) is 86.8 Å². The van der Waals surface area contributed by atoms with E-state index in [2.05, 4.69) is 5.32 Å². The van der Waals surface area contributed by atoms with Crippen molar-refractivity contribution in [3.63, 3.8) is 0 Å². The SMILES string of the molecule is CC[C@H](C(=O)NC1CCCC1)N(Cc1ccc(C)cc1)C(=O)CN(c1ccccc1C)S(=O)(=O)c1ccc(Cl)cc1. The van der Waals surface area contributed by atoms with Crippen LogP contribution in [0.5, 0.6) is 0 Å². The summed E-state index contributed by atoms with van der Waals surface area (Å²) in [5.41, 5.74) is 3.04. The number of nitrogens with zero attached hydrogens (tertiary/aromatic N) is 2. The highest BCUT2D eigenvalue weighted by molar-refractivity contribution is 7.92. The van der Waals surface area contributed by atoms with E-state index < -0.39 is 28.5 Å². The first-order valence-corrected chi connectivity index (χ1v) is 15.9. The highest BCUT2D eigenvalue weighted by Gasteiger charge is 2.35. The number of benzene rings is 3. The second kappa shape index (κ2) is 13.5. The van der Waals surface area contributed by atoms with Crippen LogP contribution in [0.4, 0.5) is 5.69 Å². The quantitative estimate of drug-likeness (QED) is 0.294. The number of nitrogens with one attached hydrogen (secondary N) is 1. The standard InChI is InChI=1S/C32H38ClN3O4S/c1-4-29(32(38)34-27-10-6-7-11-27)35(21-25-15-13-23(2)14-16-25)31(37)22-36(30-12-8-5-9-24(30)3)41(39,40)28-19-17-26(33)18-20-28/h5,8-9,12-20,27,29H,4,6-7,10-11,21-22H2,1-3H3,(H,34,38)/t29-/m1/s1. The first kappa shape index (κ1) is 30.6. The van der Waals surface area contributed by atoms with Gasteiger partial charge in [-0.1, -0.05) is 79.4 Å². The Kier molecular flexibility index (Phi) is 10.1. The summed E-state index contributed by atoms with van der Waals surface area (Å²) in [5.74, 6) is -0.664. The largest absolute Gasteiger partial charge is 0.352 e. The van der Waals surface area contributed by atoms with Crippen LogP contribution >= 0.6 is 11.6 Å². The van der Waals surface area contributed by atoms with Crippen LogP contribution < -0.4 is 9.62 Å². The summed E-state index contributed by atoms with van der Waals surface area (Å²) in [5, 5.41) is 3.55. The Morgan fingerprint density at radius 1 is 0.951 bits per heavy atom. The highest BCUT2D eigenvalue weighted by atomic mass is 35.5. The molecule has 218 valence electrons. The van der Waals surface area contributed by atoms with Crippen LogP contribution in [0.15, 0.2) is 77.7 Å². The second-order valence-corrected chi connectivity index (χ2v) is 13.0. The third kappa shape index (κ3) is 7.49. The van der Waals surface area contributed by atoms with Crippen molar-refractivity contribution in [2.45, 2.75) is 76.4 Å². The lowest BCUT2D eigenvalue weighted by Crippen LogP contribution is -2.53. The molecule has 0 unspecified atom stereocenters. The number of hydrogen-bond donors (Lipinski definition) is 1. The summed E-state index contributed by atoms with van der Waals surface area (Å²) in [6.07, 6.45) is 4.39. The Balaban J connectivity index is 1.72. The molecule has 3 aromatic carbocycles. The molecule has 0 bridgehead atoms. The van der Waals surface area contributed by atoms with Gasteiger partial charge < -0.3 is 10.2 Å². The first-order valence-electron chi connectivity index (χ1n) is 14.1. The second-order valence-electron chi connectivity index (χ2n) is 10.7. The zero-order valence-electron chi connectivity index (χ0n) is 23.8. The van der Waals surface area contributed by atoms with E-state index in [1.165, 1.54) is 29.2 Å². The molecule has 0 radical (unpaired) electrons. The predicted molar refractivity (Wildman–Crippen MR) is 163 cm³/mol. The molecule has 0 spiro atoms.